The van der Waals surface area contributed by atoms with Gasteiger partial charge in [-0.05, 0) is 31.4 Å². The van der Waals surface area contributed by atoms with Crippen LogP contribution in [0.4, 0.5) is 0 Å². The third kappa shape index (κ3) is 3.40. The van der Waals surface area contributed by atoms with Crippen LogP contribution in [0, 0.1) is 0 Å². The van der Waals surface area contributed by atoms with E-state index in [1.807, 2.05) is 30.3 Å². The van der Waals surface area contributed by atoms with Crippen molar-refractivity contribution < 1.29 is 4.74 Å². The van der Waals surface area contributed by atoms with Gasteiger partial charge in [0.2, 0.25) is 0 Å². The summed E-state index contributed by atoms with van der Waals surface area (Å²) in [5, 5.41) is 0. The van der Waals surface area contributed by atoms with E-state index in [4.69, 9.17) is 4.74 Å². The molecule has 0 saturated heterocycles. The molecular formula is C17H20N4O3. The number of aromatic nitrogens is 4. The molecule has 2 aromatic heterocycles. The average Bonchev–Trinajstić information content (AvgIpc) is 3.01. The normalized spacial score (nSPS) is 11.0. The number of aryl methyl sites for hydroxylation is 2. The predicted molar refractivity (Wildman–Crippen MR) is 91.4 cm³/mol. The van der Waals surface area contributed by atoms with Crippen molar-refractivity contribution in [2.45, 2.75) is 25.8 Å². The van der Waals surface area contributed by atoms with Gasteiger partial charge in [-0.3, -0.25) is 14.3 Å². The number of para-hydroxylation sites is 1. The molecule has 0 amide bonds. The number of ether oxygens (including phenoxy) is 1. The molecule has 0 aliphatic carbocycles. The second-order valence-electron chi connectivity index (χ2n) is 5.65. The molecule has 2 heterocycles. The number of benzene rings is 1. The van der Waals surface area contributed by atoms with Crippen molar-refractivity contribution in [2.75, 3.05) is 6.61 Å². The summed E-state index contributed by atoms with van der Waals surface area (Å²) in [5.41, 5.74) is 0.0163. The van der Waals surface area contributed by atoms with Crippen molar-refractivity contribution in [3.63, 3.8) is 0 Å². The summed E-state index contributed by atoms with van der Waals surface area (Å²) in [7, 11) is 1.60. The van der Waals surface area contributed by atoms with Gasteiger partial charge in [0.25, 0.3) is 5.56 Å². The molecule has 0 aliphatic rings. The number of nitrogens with zero attached hydrogens (tertiary/aromatic N) is 3. The lowest BCUT2D eigenvalue weighted by atomic mass is 10.2. The zero-order chi connectivity index (χ0) is 16.9. The van der Waals surface area contributed by atoms with Crippen molar-refractivity contribution in [3.8, 4) is 5.75 Å². The van der Waals surface area contributed by atoms with E-state index >= 15 is 0 Å². The highest BCUT2D eigenvalue weighted by molar-refractivity contribution is 5.69. The second-order valence-corrected chi connectivity index (χ2v) is 5.65. The maximum Gasteiger partial charge on any atom is 0.329 e. The molecule has 3 aromatic rings. The molecule has 24 heavy (non-hydrogen) atoms. The Balaban J connectivity index is 1.52. The van der Waals surface area contributed by atoms with Crippen LogP contribution in [0.3, 0.4) is 0 Å². The maximum atomic E-state index is 12.0. The minimum Gasteiger partial charge on any atom is -0.494 e. The lowest BCUT2D eigenvalue weighted by molar-refractivity contribution is 0.304. The van der Waals surface area contributed by atoms with Gasteiger partial charge in [-0.1, -0.05) is 18.2 Å². The van der Waals surface area contributed by atoms with E-state index in [0.717, 1.165) is 25.0 Å². The quantitative estimate of drug-likeness (QED) is 0.669. The molecule has 1 aromatic carbocycles. The summed E-state index contributed by atoms with van der Waals surface area (Å²) < 4.78 is 8.79. The van der Waals surface area contributed by atoms with Crippen molar-refractivity contribution >= 4 is 11.2 Å². The summed E-state index contributed by atoms with van der Waals surface area (Å²) in [4.78, 5) is 30.0. The van der Waals surface area contributed by atoms with Gasteiger partial charge in [-0.25, -0.2) is 9.78 Å². The van der Waals surface area contributed by atoms with Gasteiger partial charge in [0.15, 0.2) is 11.2 Å². The van der Waals surface area contributed by atoms with E-state index in [1.54, 1.807) is 17.9 Å². The Morgan fingerprint density at radius 3 is 2.71 bits per heavy atom. The number of nitrogens with one attached hydrogen (secondary N) is 1. The highest BCUT2D eigenvalue weighted by Gasteiger charge is 2.10. The molecule has 0 radical (unpaired) electrons. The number of hydrogen-bond acceptors (Lipinski definition) is 4. The van der Waals surface area contributed by atoms with Crippen LogP contribution in [0.1, 0.15) is 19.3 Å². The van der Waals surface area contributed by atoms with Crippen LogP contribution in [0.5, 0.6) is 5.75 Å². The molecule has 126 valence electrons. The summed E-state index contributed by atoms with van der Waals surface area (Å²) in [5.74, 6) is 0.880. The summed E-state index contributed by atoms with van der Waals surface area (Å²) in [6.07, 6.45) is 4.44. The van der Waals surface area contributed by atoms with Gasteiger partial charge >= 0.3 is 5.69 Å². The highest BCUT2D eigenvalue weighted by Crippen LogP contribution is 2.10. The fourth-order valence-corrected chi connectivity index (χ4v) is 2.62. The molecule has 7 nitrogen and oxygen atoms in total. The second kappa shape index (κ2) is 7.16. The molecule has 0 aliphatic heterocycles. The first-order chi connectivity index (χ1) is 11.7. The maximum absolute atomic E-state index is 12.0. The van der Waals surface area contributed by atoms with Crippen LogP contribution in [0.15, 0.2) is 46.2 Å². The van der Waals surface area contributed by atoms with E-state index in [1.165, 1.54) is 4.57 Å². The van der Waals surface area contributed by atoms with Crippen LogP contribution < -0.4 is 16.0 Å². The predicted octanol–water partition coefficient (Wildman–Crippen LogP) is 1.67. The zero-order valence-electron chi connectivity index (χ0n) is 13.6. The Labute approximate surface area is 138 Å². The van der Waals surface area contributed by atoms with E-state index in [9.17, 15) is 9.59 Å². The molecule has 0 atom stereocenters. The fourth-order valence-electron chi connectivity index (χ4n) is 2.62. The van der Waals surface area contributed by atoms with Crippen molar-refractivity contribution in [3.05, 3.63) is 57.5 Å². The molecule has 3 rings (SSSR count). The summed E-state index contributed by atoms with van der Waals surface area (Å²) in [6, 6.07) is 9.73. The molecule has 0 unspecified atom stereocenters. The third-order valence-corrected chi connectivity index (χ3v) is 3.93. The first kappa shape index (κ1) is 16.0. The van der Waals surface area contributed by atoms with Gasteiger partial charge in [0, 0.05) is 13.6 Å². The first-order valence-corrected chi connectivity index (χ1v) is 7.99. The van der Waals surface area contributed by atoms with E-state index in [0.29, 0.717) is 24.3 Å². The fraction of sp³-hybridized carbons (Fsp3) is 0.353. The largest absolute Gasteiger partial charge is 0.494 e. The number of rotatable bonds is 7. The smallest absolute Gasteiger partial charge is 0.329 e. The molecule has 7 heteroatoms. The van der Waals surface area contributed by atoms with Gasteiger partial charge in [0.1, 0.15) is 5.75 Å². The number of aromatic amines is 1. The zero-order valence-corrected chi connectivity index (χ0v) is 13.6. The number of imidazole rings is 1. The Hall–Kier alpha value is -2.83. The molecular weight excluding hydrogens is 308 g/mol. The van der Waals surface area contributed by atoms with Crippen LogP contribution in [0.2, 0.25) is 0 Å². The van der Waals surface area contributed by atoms with Crippen LogP contribution in [-0.2, 0) is 13.6 Å². The Bertz CT molecular complexity index is 924. The average molecular weight is 328 g/mol. The lowest BCUT2D eigenvalue weighted by Gasteiger charge is -2.06. The first-order valence-electron chi connectivity index (χ1n) is 7.99. The monoisotopic (exact) mass is 328 g/mol. The standard InChI is InChI=1S/C17H20N4O3/c1-20-15-14(16(22)19-17(20)23)21(12-18-15)10-6-3-7-11-24-13-8-4-2-5-9-13/h2,4-5,8-9,12H,3,6-7,10-11H2,1H3,(H,19,22,23). The summed E-state index contributed by atoms with van der Waals surface area (Å²) in [6.45, 7) is 1.35. The lowest BCUT2D eigenvalue weighted by Crippen LogP contribution is -2.29. The van der Waals surface area contributed by atoms with E-state index in [2.05, 4.69) is 9.97 Å². The van der Waals surface area contributed by atoms with Gasteiger partial charge in [-0.15, -0.1) is 0 Å². The molecule has 0 fully saturated rings. The Morgan fingerprint density at radius 1 is 1.12 bits per heavy atom. The SMILES string of the molecule is Cn1c(=O)[nH]c(=O)c2c1ncn2CCCCCOc1ccccc1. The van der Waals surface area contributed by atoms with E-state index in [-0.39, 0.29) is 0 Å². The third-order valence-electron chi connectivity index (χ3n) is 3.93. The minimum absolute atomic E-state index is 0.391. The topological polar surface area (TPSA) is 81.9 Å². The Morgan fingerprint density at radius 2 is 1.92 bits per heavy atom. The number of fused-ring (bicyclic) bond motifs is 1. The van der Waals surface area contributed by atoms with Crippen LogP contribution >= 0.6 is 0 Å². The van der Waals surface area contributed by atoms with Gasteiger partial charge < -0.3 is 9.30 Å². The van der Waals surface area contributed by atoms with Crippen molar-refractivity contribution in [1.29, 1.82) is 0 Å². The molecule has 0 spiro atoms. The van der Waals surface area contributed by atoms with Crippen molar-refractivity contribution in [1.82, 2.24) is 19.1 Å². The molecule has 0 saturated carbocycles. The molecule has 0 bridgehead atoms. The number of hydrogen-bond donors (Lipinski definition) is 1. The van der Waals surface area contributed by atoms with Crippen LogP contribution in [-0.4, -0.2) is 25.7 Å². The highest BCUT2D eigenvalue weighted by atomic mass is 16.5. The Kier molecular flexibility index (Phi) is 4.79. The minimum atomic E-state index is -0.448. The molecule has 1 N–H and O–H groups in total. The number of unbranched alkanes of at least 4 members (excludes halogenated alkanes) is 2. The van der Waals surface area contributed by atoms with E-state index < -0.39 is 11.2 Å². The summed E-state index contributed by atoms with van der Waals surface area (Å²) >= 11 is 0. The van der Waals surface area contributed by atoms with Crippen molar-refractivity contribution in [2.24, 2.45) is 7.05 Å². The van der Waals surface area contributed by atoms with Gasteiger partial charge in [0.05, 0.1) is 12.9 Å². The van der Waals surface area contributed by atoms with Gasteiger partial charge in [-0.2, -0.15) is 0 Å². The number of H-pyrrole nitrogens is 1. The van der Waals surface area contributed by atoms with Crippen LogP contribution in [0.25, 0.3) is 11.2 Å².